The summed E-state index contributed by atoms with van der Waals surface area (Å²) in [5, 5.41) is 2.72. The molecule has 0 saturated carbocycles. The van der Waals surface area contributed by atoms with Crippen molar-refractivity contribution in [2.75, 3.05) is 5.32 Å². The number of hydrogen-bond donors (Lipinski definition) is 2. The Hall–Kier alpha value is -2.57. The summed E-state index contributed by atoms with van der Waals surface area (Å²) in [6.07, 6.45) is 0. The van der Waals surface area contributed by atoms with Crippen LogP contribution in [0.25, 0.3) is 0 Å². The van der Waals surface area contributed by atoms with Gasteiger partial charge in [0.1, 0.15) is 0 Å². The quantitative estimate of drug-likeness (QED) is 0.802. The van der Waals surface area contributed by atoms with Crippen molar-refractivity contribution < 1.29 is 4.79 Å². The van der Waals surface area contributed by atoms with Gasteiger partial charge in [0.25, 0.3) is 0 Å². The fourth-order valence-corrected chi connectivity index (χ4v) is 1.59. The highest BCUT2D eigenvalue weighted by Gasteiger charge is 1.98. The molecule has 0 radical (unpaired) electrons. The van der Waals surface area contributed by atoms with Crippen molar-refractivity contribution in [2.45, 2.75) is 6.54 Å². The van der Waals surface area contributed by atoms with E-state index >= 15 is 0 Å². The van der Waals surface area contributed by atoms with E-state index in [0.29, 0.717) is 12.2 Å². The molecule has 0 heterocycles. The summed E-state index contributed by atoms with van der Waals surface area (Å²) in [5.74, 6) is 5.02. The first-order valence-corrected chi connectivity index (χ1v) is 5.95. The summed E-state index contributed by atoms with van der Waals surface area (Å²) in [4.78, 5) is 11.7. The Balaban J connectivity index is 2.04. The Bertz CT molecular complexity index is 624. The standard InChI is InChI=1S/C16H14N2O/c17-12-14-7-4-8-15(11-14)18-16(19)10-9-13-5-2-1-3-6-13/h1-8,11H,12,17H2,(H,18,19). The third-order valence-corrected chi connectivity index (χ3v) is 2.51. The lowest BCUT2D eigenvalue weighted by Crippen LogP contribution is -2.09. The van der Waals surface area contributed by atoms with Gasteiger partial charge in [-0.25, -0.2) is 0 Å². The maximum absolute atomic E-state index is 11.7. The van der Waals surface area contributed by atoms with Gasteiger partial charge < -0.3 is 11.1 Å². The molecule has 94 valence electrons. The molecule has 0 spiro atoms. The lowest BCUT2D eigenvalue weighted by atomic mass is 10.2. The van der Waals surface area contributed by atoms with Gasteiger partial charge in [-0.05, 0) is 29.8 Å². The van der Waals surface area contributed by atoms with Gasteiger partial charge in [-0.15, -0.1) is 0 Å². The van der Waals surface area contributed by atoms with Crippen LogP contribution >= 0.6 is 0 Å². The molecule has 0 fully saturated rings. The Morgan fingerprint density at radius 3 is 2.63 bits per heavy atom. The lowest BCUT2D eigenvalue weighted by molar-refractivity contribution is -0.111. The molecule has 2 rings (SSSR count). The Kier molecular flexibility index (Phi) is 4.33. The molecule has 0 unspecified atom stereocenters. The number of amides is 1. The summed E-state index contributed by atoms with van der Waals surface area (Å²) in [6.45, 7) is 0.444. The zero-order chi connectivity index (χ0) is 13.5. The van der Waals surface area contributed by atoms with E-state index in [9.17, 15) is 4.79 Å². The Labute approximate surface area is 112 Å². The van der Waals surface area contributed by atoms with E-state index in [1.54, 1.807) is 6.07 Å². The van der Waals surface area contributed by atoms with Crippen LogP contribution in [-0.4, -0.2) is 5.91 Å². The second-order valence-corrected chi connectivity index (χ2v) is 3.97. The van der Waals surface area contributed by atoms with E-state index in [1.807, 2.05) is 48.5 Å². The highest BCUT2D eigenvalue weighted by Crippen LogP contribution is 2.09. The van der Waals surface area contributed by atoms with Crippen molar-refractivity contribution in [2.24, 2.45) is 5.73 Å². The minimum Gasteiger partial charge on any atom is -0.326 e. The zero-order valence-electron chi connectivity index (χ0n) is 10.4. The molecule has 0 bridgehead atoms. The van der Waals surface area contributed by atoms with Crippen LogP contribution in [0.1, 0.15) is 11.1 Å². The third-order valence-electron chi connectivity index (χ3n) is 2.51. The van der Waals surface area contributed by atoms with Gasteiger partial charge in [-0.1, -0.05) is 36.3 Å². The Morgan fingerprint density at radius 2 is 1.89 bits per heavy atom. The highest BCUT2D eigenvalue weighted by molar-refractivity contribution is 6.04. The number of anilines is 1. The Morgan fingerprint density at radius 1 is 1.11 bits per heavy atom. The molecular weight excluding hydrogens is 236 g/mol. The SMILES string of the molecule is NCc1cccc(NC(=O)C#Cc2ccccc2)c1. The largest absolute Gasteiger partial charge is 0.326 e. The topological polar surface area (TPSA) is 55.1 Å². The predicted octanol–water partition coefficient (Wildman–Crippen LogP) is 2.14. The van der Waals surface area contributed by atoms with E-state index < -0.39 is 0 Å². The first kappa shape index (κ1) is 12.9. The monoisotopic (exact) mass is 250 g/mol. The number of nitrogens with two attached hydrogens (primary N) is 1. The molecule has 0 aromatic heterocycles. The molecule has 0 aliphatic heterocycles. The third kappa shape index (κ3) is 3.98. The number of nitrogens with one attached hydrogen (secondary N) is 1. The van der Waals surface area contributed by atoms with Crippen LogP contribution in [0.2, 0.25) is 0 Å². The zero-order valence-corrected chi connectivity index (χ0v) is 10.4. The van der Waals surface area contributed by atoms with Gasteiger partial charge in [-0.2, -0.15) is 0 Å². The smallest absolute Gasteiger partial charge is 0.300 e. The number of rotatable bonds is 2. The van der Waals surface area contributed by atoms with Crippen molar-refractivity contribution in [1.82, 2.24) is 0 Å². The van der Waals surface area contributed by atoms with Gasteiger partial charge in [0, 0.05) is 23.7 Å². The molecule has 0 saturated heterocycles. The molecule has 0 aliphatic rings. The minimum absolute atomic E-state index is 0.335. The van der Waals surface area contributed by atoms with E-state index in [0.717, 1.165) is 11.1 Å². The van der Waals surface area contributed by atoms with Gasteiger partial charge in [-0.3, -0.25) is 4.79 Å². The van der Waals surface area contributed by atoms with Crippen molar-refractivity contribution in [1.29, 1.82) is 0 Å². The van der Waals surface area contributed by atoms with Crippen molar-refractivity contribution in [3.8, 4) is 11.8 Å². The van der Waals surface area contributed by atoms with Crippen LogP contribution in [-0.2, 0) is 11.3 Å². The van der Waals surface area contributed by atoms with Crippen LogP contribution in [0.5, 0.6) is 0 Å². The number of carbonyl (C=O) groups excluding carboxylic acids is 1. The molecule has 2 aromatic rings. The average molecular weight is 250 g/mol. The number of benzene rings is 2. The summed E-state index contributed by atoms with van der Waals surface area (Å²) in [5.41, 5.74) is 8.03. The van der Waals surface area contributed by atoms with Crippen molar-refractivity contribution >= 4 is 11.6 Å². The fourth-order valence-electron chi connectivity index (χ4n) is 1.59. The van der Waals surface area contributed by atoms with Crippen LogP contribution < -0.4 is 11.1 Å². The minimum atomic E-state index is -0.335. The van der Waals surface area contributed by atoms with Crippen molar-refractivity contribution in [3.63, 3.8) is 0 Å². The molecule has 3 N–H and O–H groups in total. The molecule has 3 nitrogen and oxygen atoms in total. The summed E-state index contributed by atoms with van der Waals surface area (Å²) < 4.78 is 0. The molecule has 0 atom stereocenters. The van der Waals surface area contributed by atoms with Gasteiger partial charge in [0.15, 0.2) is 0 Å². The fraction of sp³-hybridized carbons (Fsp3) is 0.0625. The van der Waals surface area contributed by atoms with Crippen LogP contribution in [0.4, 0.5) is 5.69 Å². The van der Waals surface area contributed by atoms with Crippen molar-refractivity contribution in [3.05, 3.63) is 65.7 Å². The molecule has 3 heteroatoms. The van der Waals surface area contributed by atoms with Gasteiger partial charge in [0.05, 0.1) is 0 Å². The van der Waals surface area contributed by atoms with E-state index in [2.05, 4.69) is 17.2 Å². The molecular formula is C16H14N2O. The predicted molar refractivity (Wildman–Crippen MR) is 76.3 cm³/mol. The highest BCUT2D eigenvalue weighted by atomic mass is 16.1. The summed E-state index contributed by atoms with van der Waals surface area (Å²) in [7, 11) is 0. The normalized spacial score (nSPS) is 9.32. The van der Waals surface area contributed by atoms with Crippen LogP contribution in [0.15, 0.2) is 54.6 Å². The first-order valence-electron chi connectivity index (χ1n) is 5.95. The number of carbonyl (C=O) groups is 1. The molecule has 1 amide bonds. The summed E-state index contributed by atoms with van der Waals surface area (Å²) >= 11 is 0. The maximum Gasteiger partial charge on any atom is 0.300 e. The van der Waals surface area contributed by atoms with E-state index in [4.69, 9.17) is 5.73 Å². The van der Waals surface area contributed by atoms with E-state index in [-0.39, 0.29) is 5.91 Å². The maximum atomic E-state index is 11.7. The molecule has 2 aromatic carbocycles. The van der Waals surface area contributed by atoms with Crippen LogP contribution in [0.3, 0.4) is 0 Å². The van der Waals surface area contributed by atoms with E-state index in [1.165, 1.54) is 0 Å². The lowest BCUT2D eigenvalue weighted by Gasteiger charge is -2.02. The van der Waals surface area contributed by atoms with Gasteiger partial charge >= 0.3 is 5.91 Å². The number of hydrogen-bond acceptors (Lipinski definition) is 2. The second-order valence-electron chi connectivity index (χ2n) is 3.97. The first-order chi connectivity index (χ1) is 9.28. The van der Waals surface area contributed by atoms with Gasteiger partial charge in [0.2, 0.25) is 0 Å². The van der Waals surface area contributed by atoms with Crippen LogP contribution in [0, 0.1) is 11.8 Å². The molecule has 0 aliphatic carbocycles. The second kappa shape index (κ2) is 6.39. The molecule has 19 heavy (non-hydrogen) atoms. The average Bonchev–Trinajstić information content (AvgIpc) is 2.46. The summed E-state index contributed by atoms with van der Waals surface area (Å²) in [6, 6.07) is 16.8.